The summed E-state index contributed by atoms with van der Waals surface area (Å²) in [5.74, 6) is -0.194. The Hall–Kier alpha value is -3.14. The number of nitrogens with one attached hydrogen (secondary N) is 3. The van der Waals surface area contributed by atoms with Crippen molar-refractivity contribution >= 4 is 29.4 Å². The number of aryl methyl sites for hydroxylation is 1. The molecule has 1 aliphatic carbocycles. The van der Waals surface area contributed by atoms with Gasteiger partial charge in [-0.15, -0.1) is 0 Å². The minimum Gasteiger partial charge on any atom is -0.356 e. The summed E-state index contributed by atoms with van der Waals surface area (Å²) in [7, 11) is 0. The molecule has 208 valence electrons. The van der Waals surface area contributed by atoms with Gasteiger partial charge in [-0.25, -0.2) is 9.80 Å². The maximum Gasteiger partial charge on any atom is 0.337 e. The summed E-state index contributed by atoms with van der Waals surface area (Å²) < 4.78 is 0. The van der Waals surface area contributed by atoms with Crippen molar-refractivity contribution in [1.29, 1.82) is 0 Å². The van der Waals surface area contributed by atoms with Crippen LogP contribution < -0.4 is 16.1 Å². The fraction of sp³-hybridized carbons (Fsp3) is 0.643. The molecule has 4 atom stereocenters. The van der Waals surface area contributed by atoms with Gasteiger partial charge in [0.1, 0.15) is 6.54 Å². The maximum atomic E-state index is 13.7. The Morgan fingerprint density at radius 3 is 2.50 bits per heavy atom. The van der Waals surface area contributed by atoms with Crippen LogP contribution in [0.3, 0.4) is 0 Å². The molecular weight excluding hydrogens is 484 g/mol. The second-order valence-electron chi connectivity index (χ2n) is 11.7. The SMILES string of the molecule is Cc1ccccc1NC(=O)CN1NC2N(CCC(C)C)C(=O)C3CCC(C(=O)NCC(C)C)CC3N2C1=O. The summed E-state index contributed by atoms with van der Waals surface area (Å²) in [5, 5.41) is 7.20. The smallest absolute Gasteiger partial charge is 0.337 e. The number of carbonyl (C=O) groups is 4. The summed E-state index contributed by atoms with van der Waals surface area (Å²) >= 11 is 0. The first-order chi connectivity index (χ1) is 18.1. The van der Waals surface area contributed by atoms with Crippen molar-refractivity contribution in [3.63, 3.8) is 0 Å². The van der Waals surface area contributed by atoms with Crippen molar-refractivity contribution in [1.82, 2.24) is 25.6 Å². The molecule has 3 aliphatic rings. The normalized spacial score (nSPS) is 25.1. The number of benzene rings is 1. The van der Waals surface area contributed by atoms with E-state index in [0.29, 0.717) is 49.9 Å². The molecule has 0 spiro atoms. The van der Waals surface area contributed by atoms with Gasteiger partial charge < -0.3 is 15.5 Å². The van der Waals surface area contributed by atoms with Crippen LogP contribution in [0.2, 0.25) is 0 Å². The monoisotopic (exact) mass is 526 g/mol. The lowest BCUT2D eigenvalue weighted by atomic mass is 9.75. The third kappa shape index (κ3) is 5.95. The number of carbonyl (C=O) groups excluding carboxylic acids is 4. The van der Waals surface area contributed by atoms with Crippen LogP contribution in [0.1, 0.15) is 58.9 Å². The van der Waals surface area contributed by atoms with Crippen LogP contribution in [0, 0.1) is 30.6 Å². The van der Waals surface area contributed by atoms with Crippen molar-refractivity contribution in [3.8, 4) is 0 Å². The van der Waals surface area contributed by atoms with E-state index in [9.17, 15) is 19.2 Å². The number of urea groups is 1. The lowest BCUT2D eigenvalue weighted by Crippen LogP contribution is -2.67. The van der Waals surface area contributed by atoms with E-state index < -0.39 is 12.3 Å². The largest absolute Gasteiger partial charge is 0.356 e. The number of para-hydroxylation sites is 1. The third-order valence-corrected chi connectivity index (χ3v) is 7.78. The fourth-order valence-electron chi connectivity index (χ4n) is 5.60. The summed E-state index contributed by atoms with van der Waals surface area (Å²) in [4.78, 5) is 56.6. The van der Waals surface area contributed by atoms with Gasteiger partial charge >= 0.3 is 6.03 Å². The van der Waals surface area contributed by atoms with Crippen molar-refractivity contribution < 1.29 is 19.2 Å². The number of hydrogen-bond acceptors (Lipinski definition) is 5. The number of hydrogen-bond donors (Lipinski definition) is 3. The van der Waals surface area contributed by atoms with E-state index in [1.807, 2.05) is 45.0 Å². The lowest BCUT2D eigenvalue weighted by molar-refractivity contribution is -0.159. The van der Waals surface area contributed by atoms with Crippen LogP contribution in [0.5, 0.6) is 0 Å². The van der Waals surface area contributed by atoms with Crippen molar-refractivity contribution in [3.05, 3.63) is 29.8 Å². The number of fused-ring (bicyclic) bond motifs is 3. The molecule has 1 aromatic rings. The Morgan fingerprint density at radius 1 is 1.08 bits per heavy atom. The third-order valence-electron chi connectivity index (χ3n) is 7.78. The number of anilines is 1. The highest BCUT2D eigenvalue weighted by Crippen LogP contribution is 2.40. The Morgan fingerprint density at radius 2 is 1.82 bits per heavy atom. The summed E-state index contributed by atoms with van der Waals surface area (Å²) in [6.07, 6.45) is 1.75. The molecule has 4 unspecified atom stereocenters. The van der Waals surface area contributed by atoms with Crippen molar-refractivity contribution in [2.75, 3.05) is 25.0 Å². The highest BCUT2D eigenvalue weighted by molar-refractivity contribution is 5.95. The Labute approximate surface area is 225 Å². The quantitative estimate of drug-likeness (QED) is 0.458. The van der Waals surface area contributed by atoms with Gasteiger partial charge in [-0.3, -0.25) is 19.3 Å². The van der Waals surface area contributed by atoms with Gasteiger partial charge in [-0.1, -0.05) is 45.9 Å². The highest BCUT2D eigenvalue weighted by Gasteiger charge is 2.56. The van der Waals surface area contributed by atoms with Gasteiger partial charge in [-0.05, 0) is 56.1 Å². The second kappa shape index (κ2) is 11.7. The molecule has 2 heterocycles. The zero-order chi connectivity index (χ0) is 27.6. The minimum absolute atomic E-state index is 0.0162. The van der Waals surface area contributed by atoms with Crippen LogP contribution >= 0.6 is 0 Å². The molecule has 5 amide bonds. The van der Waals surface area contributed by atoms with Gasteiger partial charge in [-0.2, -0.15) is 5.43 Å². The second-order valence-corrected chi connectivity index (χ2v) is 11.7. The Bertz CT molecular complexity index is 1060. The summed E-state index contributed by atoms with van der Waals surface area (Å²) in [6, 6.07) is 6.74. The Kier molecular flexibility index (Phi) is 8.60. The van der Waals surface area contributed by atoms with Gasteiger partial charge in [0.2, 0.25) is 17.7 Å². The molecule has 0 bridgehead atoms. The predicted octanol–water partition coefficient (Wildman–Crippen LogP) is 2.90. The first kappa shape index (κ1) is 27.9. The average Bonchev–Trinajstić information content (AvgIpc) is 3.18. The molecule has 1 aromatic carbocycles. The minimum atomic E-state index is -0.668. The van der Waals surface area contributed by atoms with E-state index in [0.717, 1.165) is 12.0 Å². The molecule has 4 rings (SSSR count). The first-order valence-electron chi connectivity index (χ1n) is 13.9. The number of amides is 5. The Balaban J connectivity index is 1.52. The topological polar surface area (TPSA) is 114 Å². The predicted molar refractivity (Wildman–Crippen MR) is 144 cm³/mol. The zero-order valence-corrected chi connectivity index (χ0v) is 23.2. The van der Waals surface area contributed by atoms with Crippen LogP contribution in [-0.4, -0.2) is 70.5 Å². The van der Waals surface area contributed by atoms with E-state index in [4.69, 9.17) is 0 Å². The molecule has 2 aliphatic heterocycles. The summed E-state index contributed by atoms with van der Waals surface area (Å²) in [5.41, 5.74) is 4.77. The van der Waals surface area contributed by atoms with E-state index in [1.165, 1.54) is 5.01 Å². The van der Waals surface area contributed by atoms with Gasteiger partial charge in [0.15, 0.2) is 6.29 Å². The molecule has 3 fully saturated rings. The fourth-order valence-corrected chi connectivity index (χ4v) is 5.60. The molecule has 38 heavy (non-hydrogen) atoms. The van der Waals surface area contributed by atoms with Crippen molar-refractivity contribution in [2.45, 2.75) is 72.6 Å². The number of hydrazine groups is 1. The van der Waals surface area contributed by atoms with Gasteiger partial charge in [0.25, 0.3) is 0 Å². The van der Waals surface area contributed by atoms with E-state index >= 15 is 0 Å². The number of rotatable bonds is 9. The molecular formula is C28H42N6O4. The molecule has 3 N–H and O–H groups in total. The highest BCUT2D eigenvalue weighted by atomic mass is 16.2. The molecule has 0 aromatic heterocycles. The van der Waals surface area contributed by atoms with Gasteiger partial charge in [0.05, 0.1) is 5.92 Å². The summed E-state index contributed by atoms with van der Waals surface area (Å²) in [6.45, 7) is 11.1. The zero-order valence-electron chi connectivity index (χ0n) is 23.2. The standard InChI is InChI=1S/C28H42N6O4/c1-17(2)12-13-32-26(37)21-11-10-20(25(36)29-15-18(3)4)14-23(21)34-27(32)31-33(28(34)38)16-24(35)30-22-9-7-6-8-19(22)5/h6-9,17-18,20-21,23,27,31H,10-16H2,1-5H3,(H,29,36)(H,30,35). The van der Waals surface area contributed by atoms with Crippen molar-refractivity contribution in [2.24, 2.45) is 23.7 Å². The molecule has 1 saturated carbocycles. The molecule has 2 saturated heterocycles. The first-order valence-corrected chi connectivity index (χ1v) is 13.9. The average molecular weight is 527 g/mol. The number of nitrogens with zero attached hydrogens (tertiary/aromatic N) is 3. The van der Waals surface area contributed by atoms with Crippen LogP contribution in [0.15, 0.2) is 24.3 Å². The van der Waals surface area contributed by atoms with E-state index in [-0.39, 0.29) is 42.1 Å². The van der Waals surface area contributed by atoms with E-state index in [2.05, 4.69) is 29.9 Å². The van der Waals surface area contributed by atoms with Crippen LogP contribution in [0.4, 0.5) is 10.5 Å². The van der Waals surface area contributed by atoms with Crippen LogP contribution in [-0.2, 0) is 14.4 Å². The lowest BCUT2D eigenvalue weighted by Gasteiger charge is -2.50. The molecule has 10 nitrogen and oxygen atoms in total. The van der Waals surface area contributed by atoms with E-state index in [1.54, 1.807) is 9.80 Å². The molecule has 0 radical (unpaired) electrons. The molecule has 10 heteroatoms. The maximum absolute atomic E-state index is 13.7. The van der Waals surface area contributed by atoms with Crippen LogP contribution in [0.25, 0.3) is 0 Å². The van der Waals surface area contributed by atoms with Gasteiger partial charge in [0, 0.05) is 30.7 Å².